The number of furan rings is 1. The van der Waals surface area contributed by atoms with E-state index < -0.39 is 15.9 Å². The number of rotatable bonds is 7. The van der Waals surface area contributed by atoms with Gasteiger partial charge >= 0.3 is 0 Å². The van der Waals surface area contributed by atoms with Crippen LogP contribution in [0.2, 0.25) is 0 Å². The minimum Gasteiger partial charge on any atom is -0.495 e. The van der Waals surface area contributed by atoms with Gasteiger partial charge < -0.3 is 14.5 Å². The maximum Gasteiger partial charge on any atom is 0.262 e. The quantitative estimate of drug-likeness (QED) is 0.282. The Bertz CT molecular complexity index is 1710. The van der Waals surface area contributed by atoms with Crippen molar-refractivity contribution in [1.29, 1.82) is 0 Å². The number of carbonyl (C=O) groups is 1. The number of amides is 1. The van der Waals surface area contributed by atoms with Crippen LogP contribution in [0.1, 0.15) is 15.9 Å². The molecule has 0 saturated carbocycles. The minimum absolute atomic E-state index is 0.0343. The third-order valence-electron chi connectivity index (χ3n) is 5.82. The summed E-state index contributed by atoms with van der Waals surface area (Å²) in [4.78, 5) is 18.1. The Labute approximate surface area is 214 Å². The maximum atomic E-state index is 13.4. The van der Waals surface area contributed by atoms with Crippen molar-refractivity contribution in [3.63, 3.8) is 0 Å². The SMILES string of the molecule is COc1ccccc1NS(=O)(=O)c1cc(NC(=O)c2cc(-c3ccco3)nc3ccccc23)ccc1C. The van der Waals surface area contributed by atoms with Crippen LogP contribution >= 0.6 is 0 Å². The van der Waals surface area contributed by atoms with Crippen LogP contribution in [0.3, 0.4) is 0 Å². The van der Waals surface area contributed by atoms with E-state index in [1.807, 2.05) is 24.3 Å². The molecule has 2 aromatic heterocycles. The van der Waals surface area contributed by atoms with Crippen molar-refractivity contribution >= 4 is 38.2 Å². The number of pyridine rings is 1. The van der Waals surface area contributed by atoms with Crippen molar-refractivity contribution in [2.75, 3.05) is 17.1 Å². The van der Waals surface area contributed by atoms with Gasteiger partial charge in [0.2, 0.25) is 0 Å². The molecule has 37 heavy (non-hydrogen) atoms. The van der Waals surface area contributed by atoms with E-state index in [4.69, 9.17) is 9.15 Å². The number of sulfonamides is 1. The van der Waals surface area contributed by atoms with E-state index in [9.17, 15) is 13.2 Å². The molecule has 0 radical (unpaired) electrons. The van der Waals surface area contributed by atoms with Crippen molar-refractivity contribution in [3.05, 3.63) is 102 Å². The molecular formula is C28H23N3O5S. The summed E-state index contributed by atoms with van der Waals surface area (Å²) >= 11 is 0. The van der Waals surface area contributed by atoms with E-state index in [-0.39, 0.29) is 4.90 Å². The van der Waals surface area contributed by atoms with Crippen LogP contribution in [0.15, 0.2) is 101 Å². The molecule has 0 fully saturated rings. The molecule has 0 bridgehead atoms. The summed E-state index contributed by atoms with van der Waals surface area (Å²) in [6, 6.07) is 23.9. The van der Waals surface area contributed by atoms with E-state index in [2.05, 4.69) is 15.0 Å². The lowest BCUT2D eigenvalue weighted by molar-refractivity contribution is 0.102. The molecule has 5 aromatic rings. The average Bonchev–Trinajstić information content (AvgIpc) is 3.44. The third kappa shape index (κ3) is 4.89. The van der Waals surface area contributed by atoms with Gasteiger partial charge in [-0.05, 0) is 61.0 Å². The molecule has 0 atom stereocenters. The van der Waals surface area contributed by atoms with Crippen molar-refractivity contribution in [2.45, 2.75) is 11.8 Å². The van der Waals surface area contributed by atoms with E-state index >= 15 is 0 Å². The number of fused-ring (bicyclic) bond motifs is 1. The summed E-state index contributed by atoms with van der Waals surface area (Å²) in [7, 11) is -2.51. The molecule has 0 aliphatic carbocycles. The molecule has 2 N–H and O–H groups in total. The zero-order chi connectivity index (χ0) is 26.0. The standard InChI is InChI=1S/C28H23N3O5S/c1-18-13-14-19(16-27(18)37(33,34)31-23-10-5-6-11-25(23)35-2)29-28(32)21-17-24(26-12-7-15-36-26)30-22-9-4-3-8-20(21)22/h3-17,31H,1-2H3,(H,29,32). The summed E-state index contributed by atoms with van der Waals surface area (Å²) < 4.78 is 39.8. The number of para-hydroxylation sites is 3. The summed E-state index contributed by atoms with van der Waals surface area (Å²) in [5.41, 5.74) is 2.70. The molecule has 3 aromatic carbocycles. The Morgan fingerprint density at radius 3 is 2.51 bits per heavy atom. The lowest BCUT2D eigenvalue weighted by Gasteiger charge is -2.15. The van der Waals surface area contributed by atoms with Crippen LogP contribution in [0.4, 0.5) is 11.4 Å². The first-order chi connectivity index (χ1) is 17.9. The smallest absolute Gasteiger partial charge is 0.262 e. The van der Waals surface area contributed by atoms with Gasteiger partial charge in [0.15, 0.2) is 5.76 Å². The Kier molecular flexibility index (Phi) is 6.37. The molecule has 0 aliphatic heterocycles. The zero-order valence-electron chi connectivity index (χ0n) is 20.1. The van der Waals surface area contributed by atoms with Gasteiger partial charge in [0.1, 0.15) is 11.4 Å². The highest BCUT2D eigenvalue weighted by molar-refractivity contribution is 7.92. The van der Waals surface area contributed by atoms with E-state index in [1.165, 1.54) is 13.2 Å². The molecular weight excluding hydrogens is 490 g/mol. The summed E-state index contributed by atoms with van der Waals surface area (Å²) in [6.07, 6.45) is 1.54. The molecule has 186 valence electrons. The monoisotopic (exact) mass is 513 g/mol. The summed E-state index contributed by atoms with van der Waals surface area (Å²) in [6.45, 7) is 1.69. The van der Waals surface area contributed by atoms with E-state index in [1.54, 1.807) is 67.8 Å². The molecule has 5 rings (SSSR count). The largest absolute Gasteiger partial charge is 0.495 e. The normalized spacial score (nSPS) is 11.3. The molecule has 0 aliphatic rings. The number of carbonyl (C=O) groups excluding carboxylic acids is 1. The fraction of sp³-hybridized carbons (Fsp3) is 0.0714. The van der Waals surface area contributed by atoms with Crippen molar-refractivity contribution in [2.24, 2.45) is 0 Å². The Hall–Kier alpha value is -4.63. The minimum atomic E-state index is -3.97. The first-order valence-corrected chi connectivity index (χ1v) is 12.9. The first kappa shape index (κ1) is 24.1. The van der Waals surface area contributed by atoms with Gasteiger partial charge in [-0.3, -0.25) is 9.52 Å². The lowest BCUT2D eigenvalue weighted by atomic mass is 10.1. The lowest BCUT2D eigenvalue weighted by Crippen LogP contribution is -2.17. The number of ether oxygens (including phenoxy) is 1. The molecule has 0 saturated heterocycles. The van der Waals surface area contributed by atoms with Crippen LogP contribution in [0.5, 0.6) is 5.75 Å². The first-order valence-electron chi connectivity index (χ1n) is 11.4. The van der Waals surface area contributed by atoms with Gasteiger partial charge in [0.25, 0.3) is 15.9 Å². The summed E-state index contributed by atoms with van der Waals surface area (Å²) in [5, 5.41) is 3.50. The van der Waals surface area contributed by atoms with Gasteiger partial charge in [0.05, 0.1) is 35.0 Å². The second-order valence-corrected chi connectivity index (χ2v) is 9.94. The molecule has 1 amide bonds. The topological polar surface area (TPSA) is 111 Å². The predicted molar refractivity (Wildman–Crippen MR) is 142 cm³/mol. The second kappa shape index (κ2) is 9.79. The maximum absolute atomic E-state index is 13.4. The van der Waals surface area contributed by atoms with Crippen LogP contribution < -0.4 is 14.8 Å². The van der Waals surface area contributed by atoms with Crippen LogP contribution in [-0.4, -0.2) is 26.4 Å². The van der Waals surface area contributed by atoms with Gasteiger partial charge in [0, 0.05) is 11.1 Å². The fourth-order valence-corrected chi connectivity index (χ4v) is 5.35. The highest BCUT2D eigenvalue weighted by atomic mass is 32.2. The number of aryl methyl sites for hydroxylation is 1. The number of aromatic nitrogens is 1. The van der Waals surface area contributed by atoms with Crippen LogP contribution in [-0.2, 0) is 10.0 Å². The third-order valence-corrected chi connectivity index (χ3v) is 7.33. The van der Waals surface area contributed by atoms with Crippen LogP contribution in [0.25, 0.3) is 22.4 Å². The molecule has 8 nitrogen and oxygen atoms in total. The van der Waals surface area contributed by atoms with Gasteiger partial charge in [-0.1, -0.05) is 36.4 Å². The number of benzene rings is 3. The number of hydrogen-bond donors (Lipinski definition) is 2. The number of methoxy groups -OCH3 is 1. The number of hydrogen-bond acceptors (Lipinski definition) is 6. The predicted octanol–water partition coefficient (Wildman–Crippen LogP) is 5.86. The summed E-state index contributed by atoms with van der Waals surface area (Å²) in [5.74, 6) is 0.521. The van der Waals surface area contributed by atoms with E-state index in [0.29, 0.717) is 50.6 Å². The van der Waals surface area contributed by atoms with Crippen molar-refractivity contribution in [1.82, 2.24) is 4.98 Å². The van der Waals surface area contributed by atoms with Crippen molar-refractivity contribution < 1.29 is 22.4 Å². The number of nitrogens with one attached hydrogen (secondary N) is 2. The van der Waals surface area contributed by atoms with Crippen LogP contribution in [0, 0.1) is 6.92 Å². The number of anilines is 2. The molecule has 2 heterocycles. The Balaban J connectivity index is 1.49. The van der Waals surface area contributed by atoms with Gasteiger partial charge in [-0.2, -0.15) is 0 Å². The van der Waals surface area contributed by atoms with E-state index in [0.717, 1.165) is 0 Å². The fourth-order valence-electron chi connectivity index (χ4n) is 4.01. The molecule has 0 unspecified atom stereocenters. The Morgan fingerprint density at radius 1 is 0.946 bits per heavy atom. The Morgan fingerprint density at radius 2 is 1.73 bits per heavy atom. The second-order valence-electron chi connectivity index (χ2n) is 8.29. The highest BCUT2D eigenvalue weighted by Gasteiger charge is 2.21. The van der Waals surface area contributed by atoms with Gasteiger partial charge in [-0.25, -0.2) is 13.4 Å². The number of nitrogens with zero attached hydrogens (tertiary/aromatic N) is 1. The highest BCUT2D eigenvalue weighted by Crippen LogP contribution is 2.29. The van der Waals surface area contributed by atoms with Gasteiger partial charge in [-0.15, -0.1) is 0 Å². The van der Waals surface area contributed by atoms with Crippen molar-refractivity contribution in [3.8, 4) is 17.2 Å². The zero-order valence-corrected chi connectivity index (χ0v) is 20.9. The molecule has 9 heteroatoms. The average molecular weight is 514 g/mol. The molecule has 0 spiro atoms.